The Morgan fingerprint density at radius 2 is 1.62 bits per heavy atom. The summed E-state index contributed by atoms with van der Waals surface area (Å²) < 4.78 is 0. The van der Waals surface area contributed by atoms with Gasteiger partial charge in [-0.05, 0) is 94.5 Å². The molecule has 0 aromatic rings. The lowest BCUT2D eigenvalue weighted by molar-refractivity contribution is -0.129. The molecule has 0 aromatic carbocycles. The van der Waals surface area contributed by atoms with Crippen LogP contribution < -0.4 is 0 Å². The average Bonchev–Trinajstić information content (AvgIpc) is 2.66. The molecule has 0 aromatic heterocycles. The number of hydrogen-bond acceptors (Lipinski definition) is 2. The highest BCUT2D eigenvalue weighted by Gasteiger charge is 2.47. The largest absolute Gasteiger partial charge is 0.299 e. The lowest BCUT2D eigenvalue weighted by Crippen LogP contribution is -2.43. The molecule has 32 heavy (non-hydrogen) atoms. The lowest BCUT2D eigenvalue weighted by atomic mass is 9.55. The molecule has 3 aliphatic rings. The first kappa shape index (κ1) is 26.8. The summed E-state index contributed by atoms with van der Waals surface area (Å²) in [5.74, 6) is 2.00. The second-order valence-corrected chi connectivity index (χ2v) is 12.5. The number of allylic oxidation sites excluding steroid dienone is 6. The molecule has 0 spiro atoms. The highest BCUT2D eigenvalue weighted by Crippen LogP contribution is 2.54. The van der Waals surface area contributed by atoms with Gasteiger partial charge in [0.15, 0.2) is 5.78 Å². The summed E-state index contributed by atoms with van der Waals surface area (Å²) in [6, 6.07) is 0. The lowest BCUT2D eigenvalue weighted by Gasteiger charge is -2.49. The highest BCUT2D eigenvalue weighted by molar-refractivity contribution is 5.92. The zero-order valence-corrected chi connectivity index (χ0v) is 22.5. The van der Waals surface area contributed by atoms with Crippen molar-refractivity contribution in [1.82, 2.24) is 0 Å². The molecule has 180 valence electrons. The average molecular weight is 441 g/mol. The Morgan fingerprint density at radius 1 is 1.00 bits per heavy atom. The summed E-state index contributed by atoms with van der Waals surface area (Å²) in [6.07, 6.45) is 14.2. The number of carbonyl (C=O) groups excluding carboxylic acids is 2. The predicted molar refractivity (Wildman–Crippen MR) is 136 cm³/mol. The monoisotopic (exact) mass is 440 g/mol. The van der Waals surface area contributed by atoms with E-state index in [1.807, 2.05) is 6.92 Å². The molecule has 0 bridgehead atoms. The number of fused-ring (bicyclic) bond motifs is 1. The van der Waals surface area contributed by atoms with Gasteiger partial charge in [0.1, 0.15) is 5.78 Å². The first-order valence-electron chi connectivity index (χ1n) is 12.7. The molecule has 4 atom stereocenters. The van der Waals surface area contributed by atoms with Gasteiger partial charge in [-0.3, -0.25) is 9.59 Å². The zero-order chi connectivity index (χ0) is 24.5. The molecule has 1 saturated carbocycles. The van der Waals surface area contributed by atoms with E-state index >= 15 is 0 Å². The Hall–Kier alpha value is -1.44. The zero-order valence-electron chi connectivity index (χ0n) is 22.5. The Labute approximate surface area is 198 Å². The van der Waals surface area contributed by atoms with Crippen LogP contribution in [0.15, 0.2) is 34.9 Å². The van der Waals surface area contributed by atoms with Crippen molar-refractivity contribution in [3.63, 3.8) is 0 Å². The molecule has 2 nitrogen and oxygen atoms in total. The summed E-state index contributed by atoms with van der Waals surface area (Å²) in [5.41, 5.74) is 4.46. The van der Waals surface area contributed by atoms with Crippen LogP contribution in [-0.2, 0) is 9.59 Å². The summed E-state index contributed by atoms with van der Waals surface area (Å²) in [6.45, 7) is 21.2. The van der Waals surface area contributed by atoms with Gasteiger partial charge in [-0.25, -0.2) is 0 Å². The van der Waals surface area contributed by atoms with Gasteiger partial charge >= 0.3 is 0 Å². The fourth-order valence-corrected chi connectivity index (χ4v) is 6.08. The van der Waals surface area contributed by atoms with Crippen LogP contribution in [0.4, 0.5) is 0 Å². The molecule has 0 amide bonds. The first-order chi connectivity index (χ1) is 14.6. The Kier molecular flexibility index (Phi) is 8.22. The fraction of sp³-hybridized carbons (Fsp3) is 0.733. The van der Waals surface area contributed by atoms with E-state index in [0.29, 0.717) is 29.0 Å². The third-order valence-corrected chi connectivity index (χ3v) is 9.14. The molecule has 3 aliphatic carbocycles. The van der Waals surface area contributed by atoms with E-state index in [1.165, 1.54) is 37.7 Å². The van der Waals surface area contributed by atoms with Gasteiger partial charge in [0.2, 0.25) is 0 Å². The van der Waals surface area contributed by atoms with Crippen LogP contribution in [0.1, 0.15) is 108 Å². The van der Waals surface area contributed by atoms with E-state index in [2.05, 4.69) is 66.7 Å². The molecule has 0 N–H and O–H groups in total. The second-order valence-electron chi connectivity index (χ2n) is 12.5. The van der Waals surface area contributed by atoms with Crippen LogP contribution in [-0.4, -0.2) is 11.6 Å². The number of hydrogen-bond donors (Lipinski definition) is 0. The summed E-state index contributed by atoms with van der Waals surface area (Å²) in [7, 11) is 0. The third-order valence-electron chi connectivity index (χ3n) is 9.14. The Balaban J connectivity index is 0.000000229. The first-order valence-corrected chi connectivity index (χ1v) is 12.7. The normalized spacial score (nSPS) is 33.7. The van der Waals surface area contributed by atoms with E-state index < -0.39 is 0 Å². The SMILES string of the molecule is CC(=O)/C(C)=C/C1C(C)=CCCC1(C)C.CC(=O)C1(C)CC2C(=CC1C)CCCC2(C)C. The quantitative estimate of drug-likeness (QED) is 0.327. The minimum absolute atomic E-state index is 0.136. The van der Waals surface area contributed by atoms with E-state index in [1.54, 1.807) is 19.4 Å². The van der Waals surface area contributed by atoms with Crippen LogP contribution in [0.25, 0.3) is 0 Å². The minimum atomic E-state index is -0.136. The van der Waals surface area contributed by atoms with Crippen LogP contribution in [0, 0.1) is 34.0 Å². The maximum absolute atomic E-state index is 12.0. The van der Waals surface area contributed by atoms with Crippen molar-refractivity contribution in [2.45, 2.75) is 108 Å². The van der Waals surface area contributed by atoms with Gasteiger partial charge < -0.3 is 0 Å². The minimum Gasteiger partial charge on any atom is -0.299 e. The molecule has 0 radical (unpaired) electrons. The number of ketones is 2. The van der Waals surface area contributed by atoms with Gasteiger partial charge in [0, 0.05) is 11.3 Å². The predicted octanol–water partition coefficient (Wildman–Crippen LogP) is 8.28. The van der Waals surface area contributed by atoms with E-state index in [-0.39, 0.29) is 16.6 Å². The van der Waals surface area contributed by atoms with Crippen LogP contribution >= 0.6 is 0 Å². The van der Waals surface area contributed by atoms with Crippen molar-refractivity contribution in [2.75, 3.05) is 0 Å². The maximum Gasteiger partial charge on any atom is 0.155 e. The molecule has 4 unspecified atom stereocenters. The van der Waals surface area contributed by atoms with E-state index in [9.17, 15) is 9.59 Å². The highest BCUT2D eigenvalue weighted by atomic mass is 16.1. The summed E-state index contributed by atoms with van der Waals surface area (Å²) in [4.78, 5) is 23.2. The molecular weight excluding hydrogens is 392 g/mol. The molecule has 3 rings (SSSR count). The van der Waals surface area contributed by atoms with Crippen molar-refractivity contribution in [1.29, 1.82) is 0 Å². The number of rotatable bonds is 3. The van der Waals surface area contributed by atoms with Crippen molar-refractivity contribution in [3.05, 3.63) is 34.9 Å². The molecule has 0 aliphatic heterocycles. The van der Waals surface area contributed by atoms with Crippen molar-refractivity contribution in [3.8, 4) is 0 Å². The van der Waals surface area contributed by atoms with E-state index in [4.69, 9.17) is 0 Å². The topological polar surface area (TPSA) is 34.1 Å². The number of Topliss-reactive ketones (excluding diaryl/α,β-unsaturated/α-hetero) is 2. The Bertz CT molecular complexity index is 820. The van der Waals surface area contributed by atoms with Gasteiger partial charge in [0.05, 0.1) is 0 Å². The molecule has 2 heteroatoms. The molecule has 1 fully saturated rings. The van der Waals surface area contributed by atoms with Crippen LogP contribution in [0.3, 0.4) is 0 Å². The van der Waals surface area contributed by atoms with Crippen molar-refractivity contribution < 1.29 is 9.59 Å². The standard InChI is InChI=1S/C16H26O.C14H22O/c1-11-9-13-7-6-8-15(3,4)14(13)10-16(11,5)12(2)17;1-10-7-6-8-14(4,5)13(10)9-11(2)12(3)15/h9,11,14H,6-8,10H2,1-5H3;7,9,13H,6,8H2,1-5H3/b;11-9+. The summed E-state index contributed by atoms with van der Waals surface area (Å²) >= 11 is 0. The van der Waals surface area contributed by atoms with Gasteiger partial charge in [-0.1, -0.05) is 70.9 Å². The molecular formula is C30H48O2. The maximum atomic E-state index is 12.0. The molecule has 0 heterocycles. The molecule has 0 saturated heterocycles. The summed E-state index contributed by atoms with van der Waals surface area (Å²) in [5, 5.41) is 0. The Morgan fingerprint density at radius 3 is 2.16 bits per heavy atom. The third kappa shape index (κ3) is 5.72. The van der Waals surface area contributed by atoms with Gasteiger partial charge in [-0.2, -0.15) is 0 Å². The van der Waals surface area contributed by atoms with Crippen LogP contribution in [0.5, 0.6) is 0 Å². The van der Waals surface area contributed by atoms with Crippen molar-refractivity contribution in [2.24, 2.45) is 34.0 Å². The van der Waals surface area contributed by atoms with Gasteiger partial charge in [-0.15, -0.1) is 0 Å². The van der Waals surface area contributed by atoms with Crippen molar-refractivity contribution >= 4 is 11.6 Å². The van der Waals surface area contributed by atoms with E-state index in [0.717, 1.165) is 12.0 Å². The van der Waals surface area contributed by atoms with Gasteiger partial charge in [0.25, 0.3) is 0 Å². The smallest absolute Gasteiger partial charge is 0.155 e. The fourth-order valence-electron chi connectivity index (χ4n) is 6.08. The second kappa shape index (κ2) is 9.82. The number of carbonyl (C=O) groups is 2. The van der Waals surface area contributed by atoms with Crippen LogP contribution in [0.2, 0.25) is 0 Å².